The van der Waals surface area contributed by atoms with Crippen molar-refractivity contribution in [3.05, 3.63) is 35.4 Å². The molecular weight excluding hydrogens is 241 g/mol. The van der Waals surface area contributed by atoms with Gasteiger partial charge in [0.2, 0.25) is 0 Å². The molecule has 0 saturated heterocycles. The minimum atomic E-state index is -4.75. The molecule has 78 valence electrons. The van der Waals surface area contributed by atoms with Crippen LogP contribution in [0, 0.1) is 11.3 Å². The number of hydrogen-bond donors (Lipinski definition) is 0. The van der Waals surface area contributed by atoms with Crippen LogP contribution in [0.5, 0.6) is 0 Å². The summed E-state index contributed by atoms with van der Waals surface area (Å²) in [5.41, 5.74) is 0.911. The van der Waals surface area contributed by atoms with Crippen LogP contribution in [-0.2, 0) is 0 Å². The van der Waals surface area contributed by atoms with Crippen LogP contribution in [0.15, 0.2) is 24.3 Å². The molecule has 0 unspecified atom stereocenters. The zero-order valence-electron chi connectivity index (χ0n) is 8.83. The van der Waals surface area contributed by atoms with Crippen molar-refractivity contribution in [2.75, 3.05) is 0 Å². The molecule has 16 heavy (non-hydrogen) atoms. The third kappa shape index (κ3) is 2.90. The van der Waals surface area contributed by atoms with Crippen LogP contribution in [0.1, 0.15) is 23.5 Å². The summed E-state index contributed by atoms with van der Waals surface area (Å²) in [7, 11) is 0. The number of nitrogens with zero attached hydrogens (tertiary/aromatic N) is 1. The Balaban J connectivity index is 0.00000128. The van der Waals surface area contributed by atoms with Gasteiger partial charge in [0.15, 0.2) is 0 Å². The summed E-state index contributed by atoms with van der Waals surface area (Å²) < 4.78 is 37.2. The van der Waals surface area contributed by atoms with Gasteiger partial charge in [0.05, 0.1) is 11.6 Å². The Morgan fingerprint density at radius 1 is 1.25 bits per heavy atom. The minimum Gasteiger partial charge on any atom is -0.449 e. The Morgan fingerprint density at radius 3 is 2.38 bits per heavy atom. The fourth-order valence-corrected chi connectivity index (χ4v) is 1.91. The number of nitriles is 1. The van der Waals surface area contributed by atoms with Gasteiger partial charge in [-0.15, -0.1) is 0 Å². The Bertz CT molecular complexity index is 427. The molecule has 0 N–H and O–H groups in total. The predicted molar refractivity (Wildman–Crippen MR) is 51.3 cm³/mol. The Hall–Kier alpha value is 0.201. The molecule has 0 radical (unpaired) electrons. The second kappa shape index (κ2) is 5.23. The molecule has 0 bridgehead atoms. The molecule has 1 saturated carbocycles. The van der Waals surface area contributed by atoms with Crippen molar-refractivity contribution in [1.82, 2.24) is 0 Å². The van der Waals surface area contributed by atoms with E-state index in [0.29, 0.717) is 11.1 Å². The Morgan fingerprint density at radius 2 is 1.88 bits per heavy atom. The summed E-state index contributed by atoms with van der Waals surface area (Å²) in [5, 5.41) is 8.76. The molecule has 0 spiro atoms. The third-order valence-corrected chi connectivity index (χ3v) is 2.81. The zero-order valence-corrected chi connectivity index (χ0v) is 12.0. The van der Waals surface area contributed by atoms with Crippen LogP contribution in [0.4, 0.5) is 12.9 Å². The molecule has 0 aliphatic heterocycles. The van der Waals surface area contributed by atoms with Crippen molar-refractivity contribution in [3.63, 3.8) is 0 Å². The fraction of sp³-hybridized carbons (Fsp3) is 0.300. The van der Waals surface area contributed by atoms with Gasteiger partial charge in [-0.05, 0) is 17.5 Å². The first-order chi connectivity index (χ1) is 7.04. The van der Waals surface area contributed by atoms with E-state index in [0.717, 1.165) is 0 Å². The van der Waals surface area contributed by atoms with Crippen LogP contribution in [-0.4, -0.2) is 6.98 Å². The standard InChI is InChI=1S/C10H8BF3N.K/c12-11(13,14)10-5-9(10)8-4-2-1-3-7(8)6-15;/h1-4,9-10H,5H2;/q-1;+1/t9-,10+;/m0./s1. The smallest absolute Gasteiger partial charge is 0.449 e. The molecule has 2 atom stereocenters. The van der Waals surface area contributed by atoms with E-state index >= 15 is 0 Å². The first-order valence-electron chi connectivity index (χ1n) is 4.73. The normalized spacial score (nSPS) is 23.1. The molecule has 0 amide bonds. The first-order valence-corrected chi connectivity index (χ1v) is 4.73. The van der Waals surface area contributed by atoms with Gasteiger partial charge in [-0.25, -0.2) is 0 Å². The van der Waals surface area contributed by atoms with Crippen LogP contribution in [0.25, 0.3) is 0 Å². The van der Waals surface area contributed by atoms with Gasteiger partial charge in [0.1, 0.15) is 0 Å². The van der Waals surface area contributed by atoms with E-state index in [2.05, 4.69) is 0 Å². The van der Waals surface area contributed by atoms with Gasteiger partial charge in [-0.3, -0.25) is 0 Å². The molecule has 0 heterocycles. The van der Waals surface area contributed by atoms with E-state index in [1.54, 1.807) is 24.3 Å². The zero-order chi connectivity index (χ0) is 11.1. The molecule has 6 heteroatoms. The number of hydrogen-bond acceptors (Lipinski definition) is 1. The number of benzene rings is 1. The Labute approximate surface area is 135 Å². The van der Waals surface area contributed by atoms with Gasteiger partial charge in [-0.2, -0.15) is 5.26 Å². The Kier molecular flexibility index (Phi) is 4.67. The summed E-state index contributed by atoms with van der Waals surface area (Å²) >= 11 is 0. The number of rotatable bonds is 2. The predicted octanol–water partition coefficient (Wildman–Crippen LogP) is 0.267. The summed E-state index contributed by atoms with van der Waals surface area (Å²) in [6.07, 6.45) is 0.141. The van der Waals surface area contributed by atoms with Crippen molar-refractivity contribution in [2.45, 2.75) is 18.2 Å². The average molecular weight is 249 g/mol. The van der Waals surface area contributed by atoms with Gasteiger partial charge < -0.3 is 12.9 Å². The first kappa shape index (κ1) is 14.3. The molecule has 1 aromatic rings. The van der Waals surface area contributed by atoms with E-state index in [4.69, 9.17) is 5.26 Å². The minimum absolute atomic E-state index is 0. The van der Waals surface area contributed by atoms with Crippen LogP contribution >= 0.6 is 0 Å². The van der Waals surface area contributed by atoms with Crippen LogP contribution in [0.3, 0.4) is 0 Å². The summed E-state index contributed by atoms with van der Waals surface area (Å²) in [6, 6.07) is 8.45. The van der Waals surface area contributed by atoms with Crippen molar-refractivity contribution in [1.29, 1.82) is 5.26 Å². The van der Waals surface area contributed by atoms with Crippen molar-refractivity contribution in [2.24, 2.45) is 0 Å². The molecule has 1 aromatic carbocycles. The monoisotopic (exact) mass is 249 g/mol. The van der Waals surface area contributed by atoms with E-state index < -0.39 is 18.7 Å². The second-order valence-electron chi connectivity index (χ2n) is 3.83. The summed E-state index contributed by atoms with van der Waals surface area (Å²) in [6.45, 7) is -4.75. The molecule has 1 aliphatic rings. The van der Waals surface area contributed by atoms with Gasteiger partial charge in [0, 0.05) is 0 Å². The fourth-order valence-electron chi connectivity index (χ4n) is 1.91. The molecule has 1 fully saturated rings. The third-order valence-electron chi connectivity index (χ3n) is 2.81. The second-order valence-corrected chi connectivity index (χ2v) is 3.83. The van der Waals surface area contributed by atoms with Crippen molar-refractivity contribution in [3.8, 4) is 6.07 Å². The van der Waals surface area contributed by atoms with Crippen molar-refractivity contribution < 1.29 is 64.3 Å². The summed E-state index contributed by atoms with van der Waals surface area (Å²) in [5.74, 6) is -1.68. The van der Waals surface area contributed by atoms with Crippen LogP contribution in [0.2, 0.25) is 5.82 Å². The number of halogens is 3. The van der Waals surface area contributed by atoms with E-state index in [9.17, 15) is 12.9 Å². The maximum Gasteiger partial charge on any atom is 1.00 e. The molecule has 0 aromatic heterocycles. The largest absolute Gasteiger partial charge is 1.00 e. The molecule has 2 rings (SSSR count). The maximum atomic E-state index is 12.4. The molecular formula is C10H8BF3KN. The van der Waals surface area contributed by atoms with Gasteiger partial charge >= 0.3 is 58.4 Å². The average Bonchev–Trinajstić information content (AvgIpc) is 2.96. The topological polar surface area (TPSA) is 23.8 Å². The van der Waals surface area contributed by atoms with E-state index in [-0.39, 0.29) is 57.8 Å². The molecule has 1 nitrogen and oxygen atoms in total. The molecule has 1 aliphatic carbocycles. The van der Waals surface area contributed by atoms with Gasteiger partial charge in [0.25, 0.3) is 0 Å². The maximum absolute atomic E-state index is 12.4. The van der Waals surface area contributed by atoms with E-state index in [1.807, 2.05) is 6.07 Å². The quantitative estimate of drug-likeness (QED) is 0.690. The van der Waals surface area contributed by atoms with Crippen molar-refractivity contribution >= 4 is 6.98 Å². The summed E-state index contributed by atoms with van der Waals surface area (Å²) in [4.78, 5) is 0. The van der Waals surface area contributed by atoms with E-state index in [1.165, 1.54) is 0 Å². The van der Waals surface area contributed by atoms with Crippen LogP contribution < -0.4 is 51.4 Å². The SMILES string of the molecule is N#Cc1ccccc1[C@@H]1C[C@H]1[B-](F)(F)F.[K+]. The van der Waals surface area contributed by atoms with Gasteiger partial charge in [-0.1, -0.05) is 30.4 Å².